The number of hydrogen-bond acceptors (Lipinski definition) is 3. The normalized spacial score (nSPS) is 26.9. The van der Waals surface area contributed by atoms with E-state index in [0.717, 1.165) is 6.07 Å². The molecular formula is C14H18F3NO2. The van der Waals surface area contributed by atoms with Gasteiger partial charge in [0, 0.05) is 26.1 Å². The third-order valence-electron chi connectivity index (χ3n) is 3.73. The molecule has 2 N–H and O–H groups in total. The second kappa shape index (κ2) is 5.71. The molecule has 1 aliphatic rings. The largest absolute Gasteiger partial charge is 0.416 e. The highest BCUT2D eigenvalue weighted by Crippen LogP contribution is 2.32. The van der Waals surface area contributed by atoms with Gasteiger partial charge in [0.2, 0.25) is 0 Å². The van der Waals surface area contributed by atoms with E-state index >= 15 is 0 Å². The van der Waals surface area contributed by atoms with Crippen molar-refractivity contribution in [1.82, 2.24) is 5.32 Å². The average molecular weight is 289 g/mol. The summed E-state index contributed by atoms with van der Waals surface area (Å²) in [6.45, 7) is 2.50. The number of ether oxygens (including phenoxy) is 1. The van der Waals surface area contributed by atoms with Crippen molar-refractivity contribution < 1.29 is 23.0 Å². The van der Waals surface area contributed by atoms with Crippen LogP contribution in [0, 0.1) is 0 Å². The van der Waals surface area contributed by atoms with E-state index in [-0.39, 0.29) is 24.8 Å². The molecule has 0 aromatic heterocycles. The molecule has 1 aliphatic heterocycles. The van der Waals surface area contributed by atoms with Gasteiger partial charge in [-0.15, -0.1) is 0 Å². The number of benzene rings is 1. The summed E-state index contributed by atoms with van der Waals surface area (Å²) < 4.78 is 43.7. The molecule has 3 nitrogen and oxygen atoms in total. The van der Waals surface area contributed by atoms with Crippen molar-refractivity contribution in [3.8, 4) is 0 Å². The maximum atomic E-state index is 12.8. The van der Waals surface area contributed by atoms with E-state index in [1.165, 1.54) is 12.1 Å². The predicted molar refractivity (Wildman–Crippen MR) is 68.1 cm³/mol. The lowest BCUT2D eigenvalue weighted by molar-refractivity contribution is -0.138. The van der Waals surface area contributed by atoms with Crippen LogP contribution in [0.4, 0.5) is 13.2 Å². The van der Waals surface area contributed by atoms with Gasteiger partial charge >= 0.3 is 6.18 Å². The fourth-order valence-corrected chi connectivity index (χ4v) is 2.37. The molecule has 2 unspecified atom stereocenters. The van der Waals surface area contributed by atoms with Gasteiger partial charge in [-0.25, -0.2) is 0 Å². The Kier molecular flexibility index (Phi) is 4.36. The molecule has 1 fully saturated rings. The van der Waals surface area contributed by atoms with Crippen molar-refractivity contribution >= 4 is 0 Å². The number of aliphatic hydroxyl groups is 1. The summed E-state index contributed by atoms with van der Waals surface area (Å²) in [5.74, 6) is 0. The van der Waals surface area contributed by atoms with Crippen molar-refractivity contribution in [2.75, 3.05) is 13.2 Å². The number of alkyl halides is 3. The zero-order valence-electron chi connectivity index (χ0n) is 11.2. The molecule has 1 heterocycles. The van der Waals surface area contributed by atoms with Crippen molar-refractivity contribution in [2.24, 2.45) is 0 Å². The molecule has 1 aromatic rings. The minimum absolute atomic E-state index is 0.0602. The van der Waals surface area contributed by atoms with Gasteiger partial charge in [-0.3, -0.25) is 0 Å². The van der Waals surface area contributed by atoms with Crippen LogP contribution in [0.5, 0.6) is 0 Å². The van der Waals surface area contributed by atoms with Crippen LogP contribution in [0.2, 0.25) is 0 Å². The Bertz CT molecular complexity index is 464. The van der Waals surface area contributed by atoms with Crippen LogP contribution in [0.1, 0.15) is 24.5 Å². The van der Waals surface area contributed by atoms with Gasteiger partial charge < -0.3 is 15.2 Å². The molecule has 0 aliphatic carbocycles. The molecule has 0 amide bonds. The van der Waals surface area contributed by atoms with Crippen LogP contribution in [0.15, 0.2) is 24.3 Å². The smallest absolute Gasteiger partial charge is 0.386 e. The Balaban J connectivity index is 1.98. The Morgan fingerprint density at radius 3 is 2.70 bits per heavy atom. The summed E-state index contributed by atoms with van der Waals surface area (Å²) in [7, 11) is 0. The lowest BCUT2D eigenvalue weighted by atomic mass is 9.96. The third kappa shape index (κ3) is 3.31. The van der Waals surface area contributed by atoms with E-state index in [1.54, 1.807) is 13.0 Å². The summed E-state index contributed by atoms with van der Waals surface area (Å²) >= 11 is 0. The first kappa shape index (κ1) is 15.3. The first-order chi connectivity index (χ1) is 9.33. The monoisotopic (exact) mass is 289 g/mol. The number of halogens is 3. The molecule has 0 spiro atoms. The maximum Gasteiger partial charge on any atom is 0.416 e. The molecule has 1 saturated heterocycles. The summed E-state index contributed by atoms with van der Waals surface area (Å²) in [6, 6.07) is 5.44. The van der Waals surface area contributed by atoms with Crippen LogP contribution in [-0.2, 0) is 17.5 Å². The molecule has 0 radical (unpaired) electrons. The fourth-order valence-electron chi connectivity index (χ4n) is 2.37. The second-order valence-corrected chi connectivity index (χ2v) is 5.13. The lowest BCUT2D eigenvalue weighted by Crippen LogP contribution is -2.45. The van der Waals surface area contributed by atoms with E-state index in [1.807, 2.05) is 0 Å². The Morgan fingerprint density at radius 1 is 1.40 bits per heavy atom. The van der Waals surface area contributed by atoms with Crippen LogP contribution < -0.4 is 5.32 Å². The molecule has 112 valence electrons. The molecule has 0 saturated carbocycles. The number of nitrogens with one attached hydrogen (secondary N) is 1. The second-order valence-electron chi connectivity index (χ2n) is 5.13. The van der Waals surface area contributed by atoms with Gasteiger partial charge in [-0.05, 0) is 18.6 Å². The van der Waals surface area contributed by atoms with Crippen LogP contribution in [0.25, 0.3) is 0 Å². The minimum atomic E-state index is -4.36. The maximum absolute atomic E-state index is 12.8. The fraction of sp³-hybridized carbons (Fsp3) is 0.571. The summed E-state index contributed by atoms with van der Waals surface area (Å²) in [4.78, 5) is 0. The highest BCUT2D eigenvalue weighted by molar-refractivity contribution is 5.29. The Morgan fingerprint density at radius 2 is 2.10 bits per heavy atom. The lowest BCUT2D eigenvalue weighted by Gasteiger charge is -2.26. The quantitative estimate of drug-likeness (QED) is 0.894. The van der Waals surface area contributed by atoms with Gasteiger partial charge in [-0.1, -0.05) is 18.2 Å². The standard InChI is InChI=1S/C14H18F3NO2/c1-10-13(19,6-7-20-10)9-18-8-11-4-2-3-5-12(11)14(15,16)17/h2-5,10,18-19H,6-9H2,1H3. The molecule has 1 aromatic carbocycles. The van der Waals surface area contributed by atoms with Gasteiger partial charge in [-0.2, -0.15) is 13.2 Å². The molecule has 2 atom stereocenters. The van der Waals surface area contributed by atoms with Crippen LogP contribution >= 0.6 is 0 Å². The van der Waals surface area contributed by atoms with Crippen LogP contribution in [-0.4, -0.2) is 30.0 Å². The van der Waals surface area contributed by atoms with Crippen LogP contribution in [0.3, 0.4) is 0 Å². The zero-order chi connectivity index (χ0) is 14.8. The van der Waals surface area contributed by atoms with E-state index in [9.17, 15) is 18.3 Å². The summed E-state index contributed by atoms with van der Waals surface area (Å²) in [6.07, 6.45) is -4.19. The Labute approximate surface area is 115 Å². The molecule has 20 heavy (non-hydrogen) atoms. The van der Waals surface area contributed by atoms with Gasteiger partial charge in [0.05, 0.1) is 11.7 Å². The topological polar surface area (TPSA) is 41.5 Å². The SMILES string of the molecule is CC1OCCC1(O)CNCc1ccccc1C(F)(F)F. The number of rotatable bonds is 4. The Hall–Kier alpha value is -1.11. The van der Waals surface area contributed by atoms with Crippen molar-refractivity contribution in [3.63, 3.8) is 0 Å². The first-order valence-corrected chi connectivity index (χ1v) is 6.53. The third-order valence-corrected chi connectivity index (χ3v) is 3.73. The molecule has 2 rings (SSSR count). The summed E-state index contributed by atoms with van der Waals surface area (Å²) in [5, 5.41) is 13.2. The number of hydrogen-bond donors (Lipinski definition) is 2. The van der Waals surface area contributed by atoms with Crippen molar-refractivity contribution in [2.45, 2.75) is 37.8 Å². The zero-order valence-corrected chi connectivity index (χ0v) is 11.2. The van der Waals surface area contributed by atoms with Gasteiger partial charge in [0.1, 0.15) is 5.60 Å². The molecular weight excluding hydrogens is 271 g/mol. The predicted octanol–water partition coefficient (Wildman–Crippen LogP) is 2.33. The van der Waals surface area contributed by atoms with E-state index in [4.69, 9.17) is 4.74 Å². The van der Waals surface area contributed by atoms with Crippen molar-refractivity contribution in [1.29, 1.82) is 0 Å². The van der Waals surface area contributed by atoms with Gasteiger partial charge in [0.15, 0.2) is 0 Å². The molecule has 6 heteroatoms. The average Bonchev–Trinajstić information content (AvgIpc) is 2.69. The van der Waals surface area contributed by atoms with E-state index < -0.39 is 17.3 Å². The minimum Gasteiger partial charge on any atom is -0.386 e. The molecule has 0 bridgehead atoms. The highest BCUT2D eigenvalue weighted by atomic mass is 19.4. The first-order valence-electron chi connectivity index (χ1n) is 6.53. The van der Waals surface area contributed by atoms with Crippen molar-refractivity contribution in [3.05, 3.63) is 35.4 Å². The summed E-state index contributed by atoms with van der Waals surface area (Å²) in [5.41, 5.74) is -1.47. The highest BCUT2D eigenvalue weighted by Gasteiger charge is 2.39. The van der Waals surface area contributed by atoms with E-state index in [0.29, 0.717) is 13.0 Å². The van der Waals surface area contributed by atoms with Gasteiger partial charge in [0.25, 0.3) is 0 Å². The van der Waals surface area contributed by atoms with E-state index in [2.05, 4.69) is 5.32 Å².